The summed E-state index contributed by atoms with van der Waals surface area (Å²) in [5.41, 5.74) is 3.75. The summed E-state index contributed by atoms with van der Waals surface area (Å²) in [5, 5.41) is 0. The molecule has 0 spiro atoms. The topological polar surface area (TPSA) is 3.24 Å². The van der Waals surface area contributed by atoms with Gasteiger partial charge >= 0.3 is 6.18 Å². The molecule has 1 unspecified atom stereocenters. The monoisotopic (exact) mass is 369 g/mol. The zero-order valence-electron chi connectivity index (χ0n) is 14.4. The summed E-state index contributed by atoms with van der Waals surface area (Å²) in [7, 11) is 4.04. The van der Waals surface area contributed by atoms with Crippen molar-refractivity contribution in [2.45, 2.75) is 31.4 Å². The highest BCUT2D eigenvalue weighted by Crippen LogP contribution is 2.41. The fourth-order valence-electron chi connectivity index (χ4n) is 3.59. The molecule has 0 aliphatic heterocycles. The van der Waals surface area contributed by atoms with Gasteiger partial charge in [-0.25, -0.2) is 0 Å². The van der Waals surface area contributed by atoms with E-state index in [-0.39, 0.29) is 18.3 Å². The molecule has 2 aromatic rings. The molecule has 1 atom stereocenters. The van der Waals surface area contributed by atoms with Gasteiger partial charge in [-0.1, -0.05) is 30.3 Å². The van der Waals surface area contributed by atoms with E-state index in [0.29, 0.717) is 6.42 Å². The summed E-state index contributed by atoms with van der Waals surface area (Å²) in [4.78, 5) is 2.11. The molecule has 5 heteroatoms. The van der Waals surface area contributed by atoms with Crippen LogP contribution in [0.3, 0.4) is 0 Å². The van der Waals surface area contributed by atoms with Crippen LogP contribution in [0.2, 0.25) is 0 Å². The lowest BCUT2D eigenvalue weighted by atomic mass is 9.75. The van der Waals surface area contributed by atoms with Gasteiger partial charge in [-0.3, -0.25) is 0 Å². The van der Waals surface area contributed by atoms with E-state index >= 15 is 0 Å². The predicted molar refractivity (Wildman–Crippen MR) is 97.6 cm³/mol. The van der Waals surface area contributed by atoms with Gasteiger partial charge < -0.3 is 4.90 Å². The summed E-state index contributed by atoms with van der Waals surface area (Å²) in [5.74, 6) is 0.0483. The van der Waals surface area contributed by atoms with E-state index in [1.54, 1.807) is 6.07 Å². The van der Waals surface area contributed by atoms with Gasteiger partial charge in [0.15, 0.2) is 0 Å². The normalized spacial score (nSPS) is 16.2. The van der Waals surface area contributed by atoms with Crippen LogP contribution in [0.1, 0.15) is 46.6 Å². The zero-order valence-corrected chi connectivity index (χ0v) is 15.3. The molecule has 0 bridgehead atoms. The SMILES string of the molecule is CN(C)CCCC1c2ccccc2Cc2ccc(C(F)(F)F)cc21.Cl. The molecule has 1 aliphatic rings. The smallest absolute Gasteiger partial charge is 0.309 e. The second kappa shape index (κ2) is 7.79. The molecule has 0 aromatic heterocycles. The van der Waals surface area contributed by atoms with Crippen LogP contribution in [-0.4, -0.2) is 25.5 Å². The Labute approximate surface area is 153 Å². The summed E-state index contributed by atoms with van der Waals surface area (Å²) in [6, 6.07) is 12.4. The molecule has 0 amide bonds. The standard InChI is InChI=1S/C20H22F3N.ClH/c1-24(2)11-5-8-18-17-7-4-3-6-14(17)12-15-9-10-16(13-19(15)18)20(21,22)23;/h3-4,6-7,9-10,13,18H,5,8,11-12H2,1-2H3;1H. The van der Waals surface area contributed by atoms with Crippen LogP contribution in [0.5, 0.6) is 0 Å². The van der Waals surface area contributed by atoms with Crippen LogP contribution in [0.25, 0.3) is 0 Å². The van der Waals surface area contributed by atoms with Crippen molar-refractivity contribution < 1.29 is 13.2 Å². The molecule has 136 valence electrons. The van der Waals surface area contributed by atoms with E-state index in [4.69, 9.17) is 0 Å². The Morgan fingerprint density at radius 3 is 2.36 bits per heavy atom. The molecule has 1 nitrogen and oxygen atoms in total. The van der Waals surface area contributed by atoms with E-state index in [2.05, 4.69) is 17.0 Å². The fraction of sp³-hybridized carbons (Fsp3) is 0.400. The molecule has 0 N–H and O–H groups in total. The molecule has 3 rings (SSSR count). The number of alkyl halides is 3. The average Bonchev–Trinajstić information content (AvgIpc) is 2.52. The van der Waals surface area contributed by atoms with Crippen molar-refractivity contribution in [3.63, 3.8) is 0 Å². The van der Waals surface area contributed by atoms with Crippen LogP contribution in [-0.2, 0) is 12.6 Å². The summed E-state index contributed by atoms with van der Waals surface area (Å²) >= 11 is 0. The second-order valence-corrected chi connectivity index (χ2v) is 6.79. The molecule has 0 fully saturated rings. The number of hydrogen-bond acceptors (Lipinski definition) is 1. The van der Waals surface area contributed by atoms with Gasteiger partial charge in [0.25, 0.3) is 0 Å². The van der Waals surface area contributed by atoms with Gasteiger partial charge in [-0.2, -0.15) is 13.2 Å². The largest absolute Gasteiger partial charge is 0.416 e. The van der Waals surface area contributed by atoms with Crippen LogP contribution in [0.15, 0.2) is 42.5 Å². The number of benzene rings is 2. The molecule has 0 saturated heterocycles. The van der Waals surface area contributed by atoms with Crippen molar-refractivity contribution in [2.24, 2.45) is 0 Å². The fourth-order valence-corrected chi connectivity index (χ4v) is 3.59. The van der Waals surface area contributed by atoms with Crippen molar-refractivity contribution in [3.8, 4) is 0 Å². The van der Waals surface area contributed by atoms with E-state index in [9.17, 15) is 13.2 Å². The third-order valence-corrected chi connectivity index (χ3v) is 4.76. The quantitative estimate of drug-likeness (QED) is 0.687. The molecule has 0 saturated carbocycles. The minimum atomic E-state index is -4.29. The van der Waals surface area contributed by atoms with Crippen molar-refractivity contribution >= 4 is 12.4 Å². The van der Waals surface area contributed by atoms with Crippen molar-refractivity contribution in [2.75, 3.05) is 20.6 Å². The first-order valence-electron chi connectivity index (χ1n) is 8.29. The maximum absolute atomic E-state index is 13.1. The van der Waals surface area contributed by atoms with Crippen molar-refractivity contribution in [1.29, 1.82) is 0 Å². The highest BCUT2D eigenvalue weighted by molar-refractivity contribution is 5.85. The first-order chi connectivity index (χ1) is 11.4. The highest BCUT2D eigenvalue weighted by atomic mass is 35.5. The Morgan fingerprint density at radius 2 is 1.68 bits per heavy atom. The number of hydrogen-bond donors (Lipinski definition) is 0. The van der Waals surface area contributed by atoms with Gasteiger partial charge in [-0.15, -0.1) is 12.4 Å². The number of fused-ring (bicyclic) bond motifs is 2. The predicted octanol–water partition coefficient (Wildman–Crippen LogP) is 5.51. The molecular weight excluding hydrogens is 347 g/mol. The first kappa shape index (κ1) is 19.8. The van der Waals surface area contributed by atoms with Crippen LogP contribution in [0, 0.1) is 0 Å². The van der Waals surface area contributed by atoms with E-state index < -0.39 is 11.7 Å². The minimum Gasteiger partial charge on any atom is -0.309 e. The lowest BCUT2D eigenvalue weighted by Gasteiger charge is -2.29. The van der Waals surface area contributed by atoms with Crippen molar-refractivity contribution in [1.82, 2.24) is 4.90 Å². The second-order valence-electron chi connectivity index (χ2n) is 6.79. The van der Waals surface area contributed by atoms with Crippen molar-refractivity contribution in [3.05, 3.63) is 70.3 Å². The number of rotatable bonds is 4. The molecule has 2 aromatic carbocycles. The summed E-state index contributed by atoms with van der Waals surface area (Å²) in [6.07, 6.45) is -1.75. The molecular formula is C20H23ClF3N. The van der Waals surface area contributed by atoms with Crippen LogP contribution < -0.4 is 0 Å². The Balaban J connectivity index is 0.00000225. The van der Waals surface area contributed by atoms with Gasteiger partial charge in [0, 0.05) is 5.92 Å². The third kappa shape index (κ3) is 4.36. The van der Waals surface area contributed by atoms with Crippen LogP contribution >= 0.6 is 12.4 Å². The van der Waals surface area contributed by atoms with Gasteiger partial charge in [0.05, 0.1) is 5.56 Å². The maximum atomic E-state index is 13.1. The molecule has 0 radical (unpaired) electrons. The lowest BCUT2D eigenvalue weighted by Crippen LogP contribution is -2.18. The number of halogens is 4. The number of nitrogens with zero attached hydrogens (tertiary/aromatic N) is 1. The Bertz CT molecular complexity index is 725. The third-order valence-electron chi connectivity index (χ3n) is 4.76. The molecule has 0 heterocycles. The Kier molecular flexibility index (Phi) is 6.17. The Morgan fingerprint density at radius 1 is 1.00 bits per heavy atom. The first-order valence-corrected chi connectivity index (χ1v) is 8.29. The van der Waals surface area contributed by atoms with E-state index in [0.717, 1.165) is 30.5 Å². The highest BCUT2D eigenvalue weighted by Gasteiger charge is 2.33. The summed E-state index contributed by atoms with van der Waals surface area (Å²) < 4.78 is 39.4. The Hall–Kier alpha value is -1.52. The maximum Gasteiger partial charge on any atom is 0.416 e. The van der Waals surface area contributed by atoms with E-state index in [1.165, 1.54) is 23.3 Å². The molecule has 1 aliphatic carbocycles. The van der Waals surface area contributed by atoms with E-state index in [1.807, 2.05) is 26.2 Å². The minimum absolute atomic E-state index is 0. The zero-order chi connectivity index (χ0) is 17.3. The van der Waals surface area contributed by atoms with Gasteiger partial charge in [0.2, 0.25) is 0 Å². The summed E-state index contributed by atoms with van der Waals surface area (Å²) in [6.45, 7) is 0.937. The lowest BCUT2D eigenvalue weighted by molar-refractivity contribution is -0.137. The van der Waals surface area contributed by atoms with Gasteiger partial charge in [0.1, 0.15) is 0 Å². The van der Waals surface area contributed by atoms with Crippen LogP contribution in [0.4, 0.5) is 13.2 Å². The molecule has 25 heavy (non-hydrogen) atoms. The van der Waals surface area contributed by atoms with Gasteiger partial charge in [-0.05, 0) is 74.3 Å². The average molecular weight is 370 g/mol.